The molecule has 0 aliphatic rings. The predicted molar refractivity (Wildman–Crippen MR) is 79.1 cm³/mol. The Balaban J connectivity index is 2.16. The van der Waals surface area contributed by atoms with Crippen LogP contribution in [0.5, 0.6) is 0 Å². The Kier molecular flexibility index (Phi) is 4.74. The molecule has 0 fully saturated rings. The van der Waals surface area contributed by atoms with E-state index in [1.807, 2.05) is 19.2 Å². The zero-order valence-corrected chi connectivity index (χ0v) is 12.4. The van der Waals surface area contributed by atoms with Crippen LogP contribution < -0.4 is 0 Å². The highest BCUT2D eigenvalue weighted by atomic mass is 32.1. The second-order valence-electron chi connectivity index (χ2n) is 5.12. The fourth-order valence-corrected chi connectivity index (χ4v) is 2.84. The molecule has 2 N–H and O–H groups in total. The van der Waals surface area contributed by atoms with Crippen LogP contribution in [0, 0.1) is 0 Å². The molecule has 0 amide bonds. The molecule has 2 rings (SSSR count). The van der Waals surface area contributed by atoms with Crippen LogP contribution in [0.3, 0.4) is 0 Å². The van der Waals surface area contributed by atoms with E-state index < -0.39 is 0 Å². The topological polar surface area (TPSA) is 52.1 Å². The zero-order chi connectivity index (χ0) is 13.8. The molecule has 0 aliphatic heterocycles. The standard InChI is InChI=1S/C14H21N3OS/c1-10(2)17(8-11(3)18)9-12-7-15-16-14(12)13-5-4-6-19-13/h4-7,10-11,18H,8-9H2,1-3H3,(H,15,16). The minimum atomic E-state index is -0.320. The first kappa shape index (κ1) is 14.2. The van der Waals surface area contributed by atoms with Crippen LogP contribution >= 0.6 is 11.3 Å². The average molecular weight is 279 g/mol. The van der Waals surface area contributed by atoms with Crippen LogP contribution in [-0.2, 0) is 6.54 Å². The van der Waals surface area contributed by atoms with Gasteiger partial charge in [0, 0.05) is 24.7 Å². The molecule has 0 spiro atoms. The lowest BCUT2D eigenvalue weighted by Gasteiger charge is -2.27. The van der Waals surface area contributed by atoms with Gasteiger partial charge in [0.25, 0.3) is 0 Å². The van der Waals surface area contributed by atoms with Gasteiger partial charge in [-0.3, -0.25) is 10.00 Å². The monoisotopic (exact) mass is 279 g/mol. The molecule has 0 saturated carbocycles. The van der Waals surface area contributed by atoms with E-state index in [4.69, 9.17) is 0 Å². The number of nitrogens with one attached hydrogen (secondary N) is 1. The highest BCUT2D eigenvalue weighted by Gasteiger charge is 2.16. The summed E-state index contributed by atoms with van der Waals surface area (Å²) in [5, 5.41) is 18.9. The number of thiophene rings is 1. The molecular formula is C14H21N3OS. The summed E-state index contributed by atoms with van der Waals surface area (Å²) in [6.45, 7) is 7.59. The summed E-state index contributed by atoms with van der Waals surface area (Å²) >= 11 is 1.71. The number of aliphatic hydroxyl groups is 1. The van der Waals surface area contributed by atoms with E-state index in [9.17, 15) is 5.11 Å². The van der Waals surface area contributed by atoms with E-state index in [-0.39, 0.29) is 6.10 Å². The summed E-state index contributed by atoms with van der Waals surface area (Å²) in [6.07, 6.45) is 1.56. The average Bonchev–Trinajstić information content (AvgIpc) is 2.96. The van der Waals surface area contributed by atoms with Gasteiger partial charge in [-0.05, 0) is 32.2 Å². The van der Waals surface area contributed by atoms with Crippen LogP contribution in [-0.4, -0.2) is 38.9 Å². The molecule has 19 heavy (non-hydrogen) atoms. The van der Waals surface area contributed by atoms with Crippen molar-refractivity contribution in [3.8, 4) is 10.6 Å². The zero-order valence-electron chi connectivity index (χ0n) is 11.6. The van der Waals surface area contributed by atoms with Crippen LogP contribution in [0.1, 0.15) is 26.3 Å². The summed E-state index contributed by atoms with van der Waals surface area (Å²) < 4.78 is 0. The van der Waals surface area contributed by atoms with Crippen LogP contribution in [0.15, 0.2) is 23.7 Å². The maximum Gasteiger partial charge on any atom is 0.0794 e. The third kappa shape index (κ3) is 3.65. The van der Waals surface area contributed by atoms with Gasteiger partial charge in [0.05, 0.1) is 22.9 Å². The molecule has 5 heteroatoms. The molecule has 2 heterocycles. The molecule has 1 atom stereocenters. The van der Waals surface area contributed by atoms with Gasteiger partial charge in [0.1, 0.15) is 0 Å². The number of H-pyrrole nitrogens is 1. The van der Waals surface area contributed by atoms with Gasteiger partial charge in [-0.15, -0.1) is 11.3 Å². The van der Waals surface area contributed by atoms with Crippen molar-refractivity contribution in [2.75, 3.05) is 6.54 Å². The van der Waals surface area contributed by atoms with Gasteiger partial charge in [-0.2, -0.15) is 5.10 Å². The Bertz CT molecular complexity index is 491. The largest absolute Gasteiger partial charge is 0.392 e. The number of hydrogen-bond acceptors (Lipinski definition) is 4. The minimum absolute atomic E-state index is 0.320. The number of nitrogens with zero attached hydrogens (tertiary/aromatic N) is 2. The normalized spacial score (nSPS) is 13.4. The smallest absolute Gasteiger partial charge is 0.0794 e. The number of aromatic nitrogens is 2. The third-order valence-corrected chi connectivity index (χ3v) is 3.98. The summed E-state index contributed by atoms with van der Waals surface area (Å²) in [4.78, 5) is 3.46. The van der Waals surface area contributed by atoms with Gasteiger partial charge in [-0.1, -0.05) is 6.07 Å². The number of hydrogen-bond donors (Lipinski definition) is 2. The summed E-state index contributed by atoms with van der Waals surface area (Å²) in [7, 11) is 0. The van der Waals surface area contributed by atoms with Gasteiger partial charge in [0.15, 0.2) is 0 Å². The first-order valence-electron chi connectivity index (χ1n) is 6.56. The second-order valence-corrected chi connectivity index (χ2v) is 6.07. The Morgan fingerprint density at radius 3 is 2.79 bits per heavy atom. The summed E-state index contributed by atoms with van der Waals surface area (Å²) in [5.41, 5.74) is 2.27. The lowest BCUT2D eigenvalue weighted by Crippen LogP contribution is -2.36. The van der Waals surface area contributed by atoms with Crippen molar-refractivity contribution < 1.29 is 5.11 Å². The molecule has 2 aromatic heterocycles. The maximum atomic E-state index is 9.59. The third-order valence-electron chi connectivity index (χ3n) is 3.09. The minimum Gasteiger partial charge on any atom is -0.392 e. The Morgan fingerprint density at radius 2 is 2.21 bits per heavy atom. The molecule has 104 valence electrons. The predicted octanol–water partition coefficient (Wildman–Crippen LogP) is 2.73. The number of aromatic amines is 1. The van der Waals surface area contributed by atoms with E-state index in [0.29, 0.717) is 12.6 Å². The number of rotatable bonds is 6. The molecule has 1 unspecified atom stereocenters. The van der Waals surface area contributed by atoms with Gasteiger partial charge in [0.2, 0.25) is 0 Å². The molecule has 2 aromatic rings. The quantitative estimate of drug-likeness (QED) is 0.855. The lowest BCUT2D eigenvalue weighted by atomic mass is 10.1. The van der Waals surface area contributed by atoms with Gasteiger partial charge in [-0.25, -0.2) is 0 Å². The van der Waals surface area contributed by atoms with Crippen molar-refractivity contribution in [3.63, 3.8) is 0 Å². The van der Waals surface area contributed by atoms with Gasteiger partial charge >= 0.3 is 0 Å². The molecule has 0 aliphatic carbocycles. The molecular weight excluding hydrogens is 258 g/mol. The SMILES string of the molecule is CC(O)CN(Cc1cn[nH]c1-c1cccs1)C(C)C. The Hall–Kier alpha value is -1.17. The van der Waals surface area contributed by atoms with E-state index in [0.717, 1.165) is 12.2 Å². The highest BCUT2D eigenvalue weighted by molar-refractivity contribution is 7.13. The van der Waals surface area contributed by atoms with Crippen molar-refractivity contribution in [1.29, 1.82) is 0 Å². The van der Waals surface area contributed by atoms with Crippen molar-refractivity contribution in [1.82, 2.24) is 15.1 Å². The fraction of sp³-hybridized carbons (Fsp3) is 0.500. The molecule has 0 aromatic carbocycles. The Morgan fingerprint density at radius 1 is 1.42 bits per heavy atom. The molecule has 4 nitrogen and oxygen atoms in total. The second kappa shape index (κ2) is 6.32. The molecule has 0 radical (unpaired) electrons. The van der Waals surface area contributed by atoms with E-state index in [1.54, 1.807) is 11.3 Å². The maximum absolute atomic E-state index is 9.59. The fourth-order valence-electron chi connectivity index (χ4n) is 2.08. The highest BCUT2D eigenvalue weighted by Crippen LogP contribution is 2.26. The molecule has 0 bridgehead atoms. The first-order valence-corrected chi connectivity index (χ1v) is 7.44. The van der Waals surface area contributed by atoms with Crippen LogP contribution in [0.4, 0.5) is 0 Å². The summed E-state index contributed by atoms with van der Waals surface area (Å²) in [6, 6.07) is 4.53. The number of aliphatic hydroxyl groups excluding tert-OH is 1. The van der Waals surface area contributed by atoms with Crippen LogP contribution in [0.25, 0.3) is 10.6 Å². The van der Waals surface area contributed by atoms with E-state index in [2.05, 4.69) is 40.4 Å². The van der Waals surface area contributed by atoms with Crippen molar-refractivity contribution in [2.45, 2.75) is 39.5 Å². The van der Waals surface area contributed by atoms with Gasteiger partial charge < -0.3 is 5.11 Å². The van der Waals surface area contributed by atoms with Crippen molar-refractivity contribution in [2.24, 2.45) is 0 Å². The first-order chi connectivity index (χ1) is 9.08. The Labute approximate surface area is 118 Å². The summed E-state index contributed by atoms with van der Waals surface area (Å²) in [5.74, 6) is 0. The van der Waals surface area contributed by atoms with Crippen LogP contribution in [0.2, 0.25) is 0 Å². The lowest BCUT2D eigenvalue weighted by molar-refractivity contribution is 0.103. The van der Waals surface area contributed by atoms with Crippen molar-refractivity contribution in [3.05, 3.63) is 29.3 Å². The van der Waals surface area contributed by atoms with Crippen molar-refractivity contribution >= 4 is 11.3 Å². The van der Waals surface area contributed by atoms with E-state index >= 15 is 0 Å². The van der Waals surface area contributed by atoms with E-state index in [1.165, 1.54) is 10.4 Å². The molecule has 0 saturated heterocycles.